The highest BCUT2D eigenvalue weighted by atomic mass is 16.5. The molecule has 0 unspecified atom stereocenters. The second-order valence-electron chi connectivity index (χ2n) is 15.2. The van der Waals surface area contributed by atoms with E-state index in [1.807, 2.05) is 0 Å². The zero-order chi connectivity index (χ0) is 40.8. The van der Waals surface area contributed by atoms with E-state index in [0.29, 0.717) is 74.7 Å². The van der Waals surface area contributed by atoms with Crippen molar-refractivity contribution in [3.05, 3.63) is 0 Å². The SMILES string of the molecule is CCCCCCCCCCCCCCCCCC(=O)NCCCCCN(O)C(=O)CCC(=O)NCCCCCN(O)C(=O)CCCCCCCN(O)C(C)=O. The molecule has 13 heteroatoms. The number of nitrogens with one attached hydrogen (secondary N) is 2. The van der Waals surface area contributed by atoms with Gasteiger partial charge in [-0.1, -0.05) is 116 Å². The van der Waals surface area contributed by atoms with Crippen molar-refractivity contribution in [1.82, 2.24) is 25.8 Å². The smallest absolute Gasteiger partial charge is 0.246 e. The van der Waals surface area contributed by atoms with Crippen molar-refractivity contribution >= 4 is 29.5 Å². The van der Waals surface area contributed by atoms with Gasteiger partial charge in [0.15, 0.2) is 0 Å². The monoisotopic (exact) mass is 784 g/mol. The van der Waals surface area contributed by atoms with Crippen molar-refractivity contribution < 1.29 is 39.6 Å². The molecule has 0 saturated heterocycles. The summed E-state index contributed by atoms with van der Waals surface area (Å²) in [6.07, 6.45) is 28.3. The van der Waals surface area contributed by atoms with E-state index in [4.69, 9.17) is 0 Å². The number of amides is 5. The average Bonchev–Trinajstić information content (AvgIpc) is 3.17. The molecule has 0 fully saturated rings. The molecule has 0 aromatic heterocycles. The van der Waals surface area contributed by atoms with Crippen LogP contribution in [0.1, 0.15) is 206 Å². The molecule has 55 heavy (non-hydrogen) atoms. The summed E-state index contributed by atoms with van der Waals surface area (Å²) in [4.78, 5) is 59.5. The van der Waals surface area contributed by atoms with Gasteiger partial charge in [-0.05, 0) is 57.8 Å². The molecule has 0 aliphatic carbocycles. The van der Waals surface area contributed by atoms with Gasteiger partial charge in [0.05, 0.1) is 0 Å². The van der Waals surface area contributed by atoms with Gasteiger partial charge in [0.25, 0.3) is 0 Å². The van der Waals surface area contributed by atoms with Crippen LogP contribution in [0.3, 0.4) is 0 Å². The molecule has 13 nitrogen and oxygen atoms in total. The van der Waals surface area contributed by atoms with Crippen LogP contribution in [0.4, 0.5) is 0 Å². The first kappa shape index (κ1) is 52.2. The number of hydrogen-bond acceptors (Lipinski definition) is 8. The molecule has 5 amide bonds. The Morgan fingerprint density at radius 2 is 0.709 bits per heavy atom. The number of nitrogens with zero attached hydrogens (tertiary/aromatic N) is 3. The molecule has 322 valence electrons. The van der Waals surface area contributed by atoms with E-state index in [9.17, 15) is 39.6 Å². The van der Waals surface area contributed by atoms with Gasteiger partial charge in [-0.3, -0.25) is 39.6 Å². The minimum absolute atomic E-state index is 0.0154. The first-order valence-electron chi connectivity index (χ1n) is 22.1. The van der Waals surface area contributed by atoms with Crippen molar-refractivity contribution in [1.29, 1.82) is 0 Å². The minimum atomic E-state index is -0.498. The van der Waals surface area contributed by atoms with Crippen LogP contribution in [0.25, 0.3) is 0 Å². The molecule has 0 atom stereocenters. The van der Waals surface area contributed by atoms with Gasteiger partial charge in [-0.25, -0.2) is 15.2 Å². The number of hydroxylamine groups is 6. The van der Waals surface area contributed by atoms with Gasteiger partial charge in [0.2, 0.25) is 29.5 Å². The number of rotatable bonds is 39. The van der Waals surface area contributed by atoms with Crippen molar-refractivity contribution in [2.24, 2.45) is 0 Å². The fourth-order valence-corrected chi connectivity index (χ4v) is 6.37. The maximum Gasteiger partial charge on any atom is 0.246 e. The van der Waals surface area contributed by atoms with Crippen LogP contribution in [-0.4, -0.2) is 93.1 Å². The van der Waals surface area contributed by atoms with Crippen LogP contribution >= 0.6 is 0 Å². The summed E-state index contributed by atoms with van der Waals surface area (Å²) in [5.41, 5.74) is 0. The molecular weight excluding hydrogens is 702 g/mol. The quantitative estimate of drug-likeness (QED) is 0.0234. The van der Waals surface area contributed by atoms with Crippen molar-refractivity contribution in [3.8, 4) is 0 Å². The van der Waals surface area contributed by atoms with Crippen molar-refractivity contribution in [2.45, 2.75) is 206 Å². The summed E-state index contributed by atoms with van der Waals surface area (Å²) in [5, 5.41) is 37.2. The number of hydrogen-bond donors (Lipinski definition) is 5. The van der Waals surface area contributed by atoms with Crippen molar-refractivity contribution in [2.75, 3.05) is 32.7 Å². The maximum atomic E-state index is 12.2. The maximum absolute atomic E-state index is 12.2. The molecule has 0 radical (unpaired) electrons. The summed E-state index contributed by atoms with van der Waals surface area (Å²) in [6, 6.07) is 0. The molecule has 0 heterocycles. The van der Waals surface area contributed by atoms with Crippen LogP contribution in [0.2, 0.25) is 0 Å². The van der Waals surface area contributed by atoms with Gasteiger partial charge in [0, 0.05) is 65.3 Å². The molecule has 0 aliphatic rings. The van der Waals surface area contributed by atoms with Crippen LogP contribution < -0.4 is 10.6 Å². The average molecular weight is 784 g/mol. The lowest BCUT2D eigenvalue weighted by molar-refractivity contribution is -0.166. The largest absolute Gasteiger partial charge is 0.356 e. The highest BCUT2D eigenvalue weighted by molar-refractivity contribution is 5.83. The summed E-state index contributed by atoms with van der Waals surface area (Å²) in [6.45, 7) is 5.29. The third kappa shape index (κ3) is 35.4. The summed E-state index contributed by atoms with van der Waals surface area (Å²) < 4.78 is 0. The standard InChI is InChI=1S/C42H81N5O8/c1-3-4-5-6-7-8-9-10-11-12-13-14-15-17-22-29-39(49)43-33-24-20-28-37-47(55)42(52)32-31-40(50)44-34-25-21-27-36-46(54)41(51)30-23-18-16-19-26-35-45(53)38(2)48/h53-55H,3-37H2,1-2H3,(H,43,49)(H,44,50). The third-order valence-corrected chi connectivity index (χ3v) is 10.0. The first-order valence-corrected chi connectivity index (χ1v) is 22.1. The van der Waals surface area contributed by atoms with E-state index in [2.05, 4.69) is 17.6 Å². The number of unbranched alkanes of at least 4 members (excludes halogenated alkanes) is 22. The van der Waals surface area contributed by atoms with Crippen LogP contribution in [0, 0.1) is 0 Å². The highest BCUT2D eigenvalue weighted by Gasteiger charge is 2.14. The molecule has 0 aromatic rings. The molecule has 0 aliphatic heterocycles. The summed E-state index contributed by atoms with van der Waals surface area (Å²) >= 11 is 0. The van der Waals surface area contributed by atoms with Crippen LogP contribution in [0.15, 0.2) is 0 Å². The van der Waals surface area contributed by atoms with Gasteiger partial charge in [0.1, 0.15) is 0 Å². The third-order valence-electron chi connectivity index (χ3n) is 10.0. The van der Waals surface area contributed by atoms with Gasteiger partial charge in [-0.15, -0.1) is 0 Å². The second-order valence-corrected chi connectivity index (χ2v) is 15.2. The van der Waals surface area contributed by atoms with Crippen LogP contribution in [0.5, 0.6) is 0 Å². The molecule has 0 aromatic carbocycles. The van der Waals surface area contributed by atoms with E-state index in [-0.39, 0.29) is 56.0 Å². The molecule has 0 spiro atoms. The first-order chi connectivity index (χ1) is 26.6. The van der Waals surface area contributed by atoms with Gasteiger partial charge in [-0.2, -0.15) is 0 Å². The predicted molar refractivity (Wildman–Crippen MR) is 216 cm³/mol. The van der Waals surface area contributed by atoms with E-state index in [1.165, 1.54) is 90.4 Å². The molecule has 0 rings (SSSR count). The van der Waals surface area contributed by atoms with Crippen molar-refractivity contribution in [3.63, 3.8) is 0 Å². The Labute approximate surface area is 333 Å². The van der Waals surface area contributed by atoms with Crippen LogP contribution in [-0.2, 0) is 24.0 Å². The topological polar surface area (TPSA) is 180 Å². The lowest BCUT2D eigenvalue weighted by Crippen LogP contribution is -2.31. The molecule has 0 saturated carbocycles. The molecule has 0 bridgehead atoms. The van der Waals surface area contributed by atoms with E-state index in [0.717, 1.165) is 50.0 Å². The van der Waals surface area contributed by atoms with E-state index >= 15 is 0 Å². The Balaban J connectivity index is 3.60. The lowest BCUT2D eigenvalue weighted by atomic mass is 10.0. The number of carbonyl (C=O) groups excluding carboxylic acids is 5. The molecular formula is C42H81N5O8. The minimum Gasteiger partial charge on any atom is -0.356 e. The zero-order valence-electron chi connectivity index (χ0n) is 35.0. The Morgan fingerprint density at radius 1 is 0.382 bits per heavy atom. The Kier molecular flexibility index (Phi) is 36.2. The summed E-state index contributed by atoms with van der Waals surface area (Å²) in [7, 11) is 0. The fraction of sp³-hybridized carbons (Fsp3) is 0.881. The highest BCUT2D eigenvalue weighted by Crippen LogP contribution is 2.14. The zero-order valence-corrected chi connectivity index (χ0v) is 35.0. The van der Waals surface area contributed by atoms with Gasteiger partial charge < -0.3 is 10.6 Å². The lowest BCUT2D eigenvalue weighted by Gasteiger charge is -2.15. The summed E-state index contributed by atoms with van der Waals surface area (Å²) in [5.74, 6) is -1.38. The van der Waals surface area contributed by atoms with E-state index < -0.39 is 5.91 Å². The fourth-order valence-electron chi connectivity index (χ4n) is 6.37. The van der Waals surface area contributed by atoms with Gasteiger partial charge >= 0.3 is 0 Å². The normalized spacial score (nSPS) is 11.0. The molecule has 5 N–H and O–H groups in total. The second kappa shape index (κ2) is 38.1. The Bertz CT molecular complexity index is 986. The number of carbonyl (C=O) groups is 5. The van der Waals surface area contributed by atoms with E-state index in [1.54, 1.807) is 0 Å². The Hall–Kier alpha value is -2.77. The predicted octanol–water partition coefficient (Wildman–Crippen LogP) is 8.62. The Morgan fingerprint density at radius 3 is 1.15 bits per heavy atom.